The minimum atomic E-state index is -0.694. The van der Waals surface area contributed by atoms with Gasteiger partial charge in [0.2, 0.25) is 0 Å². The predicted octanol–water partition coefficient (Wildman–Crippen LogP) is 4.30. The Morgan fingerprint density at radius 2 is 1.86 bits per heavy atom. The molecule has 84 valence electrons. The molecule has 0 aromatic heterocycles. The Morgan fingerprint density at radius 1 is 1.36 bits per heavy atom. The van der Waals surface area contributed by atoms with Crippen LogP contribution in [0.1, 0.15) is 39.5 Å². The minimum Gasteiger partial charge on any atom is -0.120 e. The van der Waals surface area contributed by atoms with Crippen LogP contribution in [0.3, 0.4) is 0 Å². The van der Waals surface area contributed by atoms with Gasteiger partial charge in [0.1, 0.15) is 0 Å². The van der Waals surface area contributed by atoms with E-state index in [0.717, 1.165) is 12.0 Å². The first kappa shape index (κ1) is 17.4. The molecule has 0 bridgehead atoms. The van der Waals surface area contributed by atoms with Gasteiger partial charge in [-0.15, -0.1) is 12.3 Å². The third-order valence-electron chi connectivity index (χ3n) is 3.25. The van der Waals surface area contributed by atoms with Gasteiger partial charge >= 0.3 is 0 Å². The van der Waals surface area contributed by atoms with E-state index in [0.29, 0.717) is 0 Å². The van der Waals surface area contributed by atoms with Crippen LogP contribution in [-0.2, 0) is 0 Å². The maximum atomic E-state index is 4.78. The van der Waals surface area contributed by atoms with E-state index in [9.17, 15) is 0 Å². The fourth-order valence-electron chi connectivity index (χ4n) is 1.67. The summed E-state index contributed by atoms with van der Waals surface area (Å²) in [6, 6.07) is 1.58. The Labute approximate surface area is 121 Å². The summed E-state index contributed by atoms with van der Waals surface area (Å²) in [4.78, 5) is 0. The molecular formula is C12H24ArSi. The van der Waals surface area contributed by atoms with E-state index in [1.54, 1.807) is 6.04 Å². The van der Waals surface area contributed by atoms with Crippen molar-refractivity contribution in [2.24, 2.45) is 0 Å². The Balaban J connectivity index is 0. The number of hydrogen-bond acceptors (Lipinski definition) is 0. The fraction of sp³-hybridized carbons (Fsp3) is 0.833. The van der Waals surface area contributed by atoms with Crippen molar-refractivity contribution in [3.63, 3.8) is 0 Å². The molecule has 1 atom stereocenters. The van der Waals surface area contributed by atoms with Gasteiger partial charge in [-0.3, -0.25) is 0 Å². The van der Waals surface area contributed by atoms with E-state index >= 15 is 0 Å². The first-order valence-electron chi connectivity index (χ1n) is 5.48. The monoisotopic (exact) mass is 236 g/mol. The molecule has 1 fully saturated rings. The van der Waals surface area contributed by atoms with Crippen molar-refractivity contribution in [3.8, 4) is 12.3 Å². The molecule has 1 aliphatic rings. The van der Waals surface area contributed by atoms with Gasteiger partial charge in [-0.1, -0.05) is 52.2 Å². The summed E-state index contributed by atoms with van der Waals surface area (Å²) >= 11 is 0. The van der Waals surface area contributed by atoms with Gasteiger partial charge in [0, 0.05) is 44.2 Å². The van der Waals surface area contributed by atoms with Crippen LogP contribution in [-0.4, -0.2) is 8.07 Å². The summed E-state index contributed by atoms with van der Waals surface area (Å²) in [6.45, 7) is 9.47. The van der Waals surface area contributed by atoms with Crippen LogP contribution < -0.4 is 0 Å². The molecule has 0 N–H and O–H groups in total. The van der Waals surface area contributed by atoms with Crippen LogP contribution >= 0.6 is 0 Å². The fourth-order valence-corrected chi connectivity index (χ4v) is 4.31. The molecule has 0 aromatic carbocycles. The van der Waals surface area contributed by atoms with Crippen molar-refractivity contribution < 1.29 is 37.7 Å². The molecule has 0 saturated carbocycles. The van der Waals surface area contributed by atoms with Gasteiger partial charge < -0.3 is 0 Å². The minimum absolute atomic E-state index is 0. The number of terminal acetylenes is 1. The summed E-state index contributed by atoms with van der Waals surface area (Å²) in [5.74, 6) is 2.43. The molecule has 0 nitrogen and oxygen atoms in total. The summed E-state index contributed by atoms with van der Waals surface area (Å²) in [5, 5.41) is 0. The normalized spacial score (nSPS) is 23.5. The molecule has 14 heavy (non-hydrogen) atoms. The smallest absolute Gasteiger partial charge is 0.0502 e. The molecule has 0 aromatic rings. The molecule has 1 heterocycles. The van der Waals surface area contributed by atoms with E-state index in [4.69, 9.17) is 6.42 Å². The van der Waals surface area contributed by atoms with Crippen LogP contribution in [0, 0.1) is 50.1 Å². The topological polar surface area (TPSA) is 0 Å². The molecule has 1 rings (SSSR count). The van der Waals surface area contributed by atoms with Crippen molar-refractivity contribution in [1.82, 2.24) is 0 Å². The second-order valence-corrected chi connectivity index (χ2v) is 10.2. The second kappa shape index (κ2) is 9.28. The standard InChI is InChI=1S/C8H18Si.C4H6.Ar/c1-8-6-4-5-7-9(8,2)3;1-3-4-2;/h8H,4-7H2,1-3H3;1H,4H2,2H3;. The van der Waals surface area contributed by atoms with Crippen LogP contribution in [0.4, 0.5) is 0 Å². The van der Waals surface area contributed by atoms with Gasteiger partial charge in [0.05, 0.1) is 8.07 Å². The summed E-state index contributed by atoms with van der Waals surface area (Å²) in [5.41, 5.74) is 1.09. The molecule has 0 aliphatic carbocycles. The Bertz CT molecular complexity index is 170. The zero-order chi connectivity index (χ0) is 10.3. The van der Waals surface area contributed by atoms with Crippen LogP contribution in [0.25, 0.3) is 0 Å². The Hall–Kier alpha value is 1.04. The van der Waals surface area contributed by atoms with Gasteiger partial charge in [-0.05, 0) is 5.54 Å². The number of hydrogen-bond donors (Lipinski definition) is 0. The Morgan fingerprint density at radius 3 is 2.07 bits per heavy atom. The molecule has 1 saturated heterocycles. The largest absolute Gasteiger partial charge is 0.120 e. The third kappa shape index (κ3) is 7.34. The van der Waals surface area contributed by atoms with Crippen LogP contribution in [0.15, 0.2) is 0 Å². The summed E-state index contributed by atoms with van der Waals surface area (Å²) in [7, 11) is -0.694. The quantitative estimate of drug-likeness (QED) is 0.434. The molecule has 0 amide bonds. The first-order valence-corrected chi connectivity index (χ1v) is 8.76. The molecule has 1 unspecified atom stereocenters. The SMILES string of the molecule is C#CCC.CC1CCCC[Si]1(C)C.[Ar]. The van der Waals surface area contributed by atoms with Crippen molar-refractivity contribution in [3.05, 3.63) is 0 Å². The average molecular weight is 236 g/mol. The molecule has 2 heteroatoms. The molecule has 0 radical (unpaired) electrons. The van der Waals surface area contributed by atoms with Gasteiger partial charge in [0.25, 0.3) is 0 Å². The molecule has 1 aliphatic heterocycles. The maximum absolute atomic E-state index is 4.78. The zero-order valence-corrected chi connectivity index (χ0v) is 11.8. The predicted molar refractivity (Wildman–Crippen MR) is 64.7 cm³/mol. The van der Waals surface area contributed by atoms with Crippen molar-refractivity contribution in [2.75, 3.05) is 0 Å². The zero-order valence-electron chi connectivity index (χ0n) is 10.0. The maximum Gasteiger partial charge on any atom is 0.0502 e. The van der Waals surface area contributed by atoms with Crippen LogP contribution in [0.2, 0.25) is 24.7 Å². The average Bonchev–Trinajstić information content (AvgIpc) is 2.11. The van der Waals surface area contributed by atoms with Crippen molar-refractivity contribution in [2.45, 2.75) is 64.2 Å². The summed E-state index contributed by atoms with van der Waals surface area (Å²) in [6.07, 6.45) is 10.2. The van der Waals surface area contributed by atoms with E-state index in [2.05, 4.69) is 25.9 Å². The van der Waals surface area contributed by atoms with Gasteiger partial charge in [-0.25, -0.2) is 0 Å². The van der Waals surface area contributed by atoms with E-state index in [1.165, 1.54) is 19.3 Å². The van der Waals surface area contributed by atoms with Gasteiger partial charge in [0.15, 0.2) is 0 Å². The van der Waals surface area contributed by atoms with Gasteiger partial charge in [-0.2, -0.15) is 0 Å². The van der Waals surface area contributed by atoms with E-state index < -0.39 is 8.07 Å². The van der Waals surface area contributed by atoms with E-state index in [-0.39, 0.29) is 37.7 Å². The first-order chi connectivity index (χ1) is 6.04. The number of rotatable bonds is 0. The van der Waals surface area contributed by atoms with Crippen molar-refractivity contribution in [1.29, 1.82) is 0 Å². The second-order valence-electron chi connectivity index (χ2n) is 4.69. The van der Waals surface area contributed by atoms with Crippen molar-refractivity contribution >= 4 is 8.07 Å². The molecular weight excluding hydrogens is 212 g/mol. The Kier molecular flexibility index (Phi) is 11.6. The van der Waals surface area contributed by atoms with E-state index in [1.807, 2.05) is 6.92 Å². The van der Waals surface area contributed by atoms with Crippen LogP contribution in [0.5, 0.6) is 0 Å². The molecule has 0 spiro atoms. The third-order valence-corrected chi connectivity index (χ3v) is 7.85. The summed E-state index contributed by atoms with van der Waals surface area (Å²) < 4.78 is 0.